The highest BCUT2D eigenvalue weighted by Crippen LogP contribution is 2.25. The Balaban J connectivity index is 2.25. The lowest BCUT2D eigenvalue weighted by molar-refractivity contribution is 0.173. The van der Waals surface area contributed by atoms with Crippen LogP contribution in [0.4, 0.5) is 4.39 Å². The van der Waals surface area contributed by atoms with Crippen LogP contribution in [0, 0.1) is 19.7 Å². The zero-order valence-corrected chi connectivity index (χ0v) is 11.7. The monoisotopic (exact) mass is 278 g/mol. The average molecular weight is 279 g/mol. The van der Waals surface area contributed by atoms with Gasteiger partial charge < -0.3 is 5.11 Å². The van der Waals surface area contributed by atoms with E-state index in [2.05, 4.69) is 0 Å². The second-order valence-electron chi connectivity index (χ2n) is 4.82. The summed E-state index contributed by atoms with van der Waals surface area (Å²) in [7, 11) is 0. The zero-order valence-electron chi connectivity index (χ0n) is 11.0. The van der Waals surface area contributed by atoms with Crippen molar-refractivity contribution in [2.45, 2.75) is 26.4 Å². The van der Waals surface area contributed by atoms with Crippen LogP contribution in [0.1, 0.15) is 28.4 Å². The highest BCUT2D eigenvalue weighted by atomic mass is 35.5. The first-order chi connectivity index (χ1) is 8.97. The van der Waals surface area contributed by atoms with Gasteiger partial charge in [0.1, 0.15) is 5.82 Å². The minimum absolute atomic E-state index is 0.283. The van der Waals surface area contributed by atoms with E-state index in [9.17, 15) is 9.50 Å². The second kappa shape index (κ2) is 5.72. The summed E-state index contributed by atoms with van der Waals surface area (Å²) < 4.78 is 13.7. The number of hydrogen-bond acceptors (Lipinski definition) is 1. The lowest BCUT2D eigenvalue weighted by Gasteiger charge is -2.14. The number of rotatable bonds is 3. The van der Waals surface area contributed by atoms with Crippen LogP contribution in [0.5, 0.6) is 0 Å². The molecule has 100 valence electrons. The Morgan fingerprint density at radius 2 is 1.89 bits per heavy atom. The first kappa shape index (κ1) is 14.0. The number of halogens is 2. The van der Waals surface area contributed by atoms with Gasteiger partial charge in [0.05, 0.1) is 6.10 Å². The fourth-order valence-corrected chi connectivity index (χ4v) is 2.27. The third-order valence-corrected chi connectivity index (χ3v) is 3.47. The van der Waals surface area contributed by atoms with Gasteiger partial charge in [-0.25, -0.2) is 4.39 Å². The molecule has 1 N–H and O–H groups in total. The lowest BCUT2D eigenvalue weighted by atomic mass is 9.96. The predicted octanol–water partition coefficient (Wildman–Crippen LogP) is 4.37. The Labute approximate surface area is 117 Å². The van der Waals surface area contributed by atoms with Crippen molar-refractivity contribution in [3.05, 3.63) is 69.5 Å². The first-order valence-electron chi connectivity index (χ1n) is 6.16. The summed E-state index contributed by atoms with van der Waals surface area (Å²) in [5, 5.41) is 10.5. The van der Waals surface area contributed by atoms with Crippen molar-refractivity contribution in [2.75, 3.05) is 0 Å². The highest BCUT2D eigenvalue weighted by Gasteiger charge is 2.14. The van der Waals surface area contributed by atoms with Crippen molar-refractivity contribution in [3.8, 4) is 0 Å². The van der Waals surface area contributed by atoms with Gasteiger partial charge >= 0.3 is 0 Å². The Hall–Kier alpha value is -1.38. The van der Waals surface area contributed by atoms with Crippen LogP contribution in [0.15, 0.2) is 36.4 Å². The summed E-state index contributed by atoms with van der Waals surface area (Å²) in [6.45, 7) is 3.98. The molecule has 0 saturated heterocycles. The maximum absolute atomic E-state index is 13.7. The van der Waals surface area contributed by atoms with Gasteiger partial charge in [0.15, 0.2) is 0 Å². The molecule has 0 aliphatic heterocycles. The Morgan fingerprint density at radius 3 is 2.58 bits per heavy atom. The molecule has 0 bridgehead atoms. The summed E-state index contributed by atoms with van der Waals surface area (Å²) in [5.41, 5.74) is 3.54. The van der Waals surface area contributed by atoms with Crippen LogP contribution in [-0.2, 0) is 6.42 Å². The van der Waals surface area contributed by atoms with Crippen LogP contribution in [-0.4, -0.2) is 5.11 Å². The molecule has 0 aliphatic rings. The van der Waals surface area contributed by atoms with E-state index < -0.39 is 11.9 Å². The molecule has 1 unspecified atom stereocenters. The minimum atomic E-state index is -0.863. The molecule has 1 atom stereocenters. The maximum Gasteiger partial charge on any atom is 0.130 e. The van der Waals surface area contributed by atoms with E-state index in [1.165, 1.54) is 12.1 Å². The lowest BCUT2D eigenvalue weighted by Crippen LogP contribution is -2.05. The molecule has 0 spiro atoms. The first-order valence-corrected chi connectivity index (χ1v) is 6.54. The molecule has 19 heavy (non-hydrogen) atoms. The quantitative estimate of drug-likeness (QED) is 0.884. The summed E-state index contributed by atoms with van der Waals surface area (Å²) in [5.74, 6) is -0.467. The molecule has 2 aromatic rings. The van der Waals surface area contributed by atoms with Crippen molar-refractivity contribution in [1.82, 2.24) is 0 Å². The molecule has 1 nitrogen and oxygen atoms in total. The zero-order chi connectivity index (χ0) is 14.0. The molecule has 2 aromatic carbocycles. The normalized spacial score (nSPS) is 12.5. The number of benzene rings is 2. The summed E-state index contributed by atoms with van der Waals surface area (Å²) in [4.78, 5) is 0. The smallest absolute Gasteiger partial charge is 0.130 e. The molecule has 2 rings (SSSR count). The fourth-order valence-electron chi connectivity index (χ4n) is 2.11. The van der Waals surface area contributed by atoms with Gasteiger partial charge in [0.2, 0.25) is 0 Å². The van der Waals surface area contributed by atoms with E-state index in [-0.39, 0.29) is 5.56 Å². The van der Waals surface area contributed by atoms with E-state index in [1.807, 2.05) is 32.0 Å². The largest absolute Gasteiger partial charge is 0.388 e. The summed E-state index contributed by atoms with van der Waals surface area (Å²) in [6.07, 6.45) is -0.468. The number of aliphatic hydroxyl groups is 1. The Kier molecular flexibility index (Phi) is 4.23. The van der Waals surface area contributed by atoms with Crippen molar-refractivity contribution in [1.29, 1.82) is 0 Å². The fraction of sp³-hybridized carbons (Fsp3) is 0.250. The Morgan fingerprint density at radius 1 is 1.16 bits per heavy atom. The van der Waals surface area contributed by atoms with E-state index in [1.54, 1.807) is 6.07 Å². The number of aliphatic hydroxyl groups excluding tert-OH is 1. The maximum atomic E-state index is 13.7. The van der Waals surface area contributed by atoms with Crippen LogP contribution in [0.3, 0.4) is 0 Å². The Bertz CT molecular complexity index is 595. The third-order valence-electron chi connectivity index (χ3n) is 3.24. The van der Waals surface area contributed by atoms with Crippen molar-refractivity contribution >= 4 is 11.6 Å². The SMILES string of the molecule is Cc1ccc(C)c(CC(O)c2ccc(Cl)cc2F)c1. The third kappa shape index (κ3) is 3.34. The van der Waals surface area contributed by atoms with Crippen LogP contribution < -0.4 is 0 Å². The molecule has 0 fully saturated rings. The van der Waals surface area contributed by atoms with Crippen LogP contribution >= 0.6 is 11.6 Å². The molecule has 0 amide bonds. The van der Waals surface area contributed by atoms with Gasteiger partial charge in [-0.05, 0) is 37.1 Å². The van der Waals surface area contributed by atoms with E-state index in [0.717, 1.165) is 16.7 Å². The van der Waals surface area contributed by atoms with Crippen molar-refractivity contribution < 1.29 is 9.50 Å². The van der Waals surface area contributed by atoms with Gasteiger partial charge in [-0.1, -0.05) is 41.4 Å². The second-order valence-corrected chi connectivity index (χ2v) is 5.25. The average Bonchev–Trinajstić information content (AvgIpc) is 2.33. The minimum Gasteiger partial charge on any atom is -0.388 e. The van der Waals surface area contributed by atoms with Crippen molar-refractivity contribution in [2.24, 2.45) is 0 Å². The molecule has 3 heteroatoms. The molecular weight excluding hydrogens is 263 g/mol. The van der Waals surface area contributed by atoms with E-state index >= 15 is 0 Å². The van der Waals surface area contributed by atoms with Crippen LogP contribution in [0.2, 0.25) is 5.02 Å². The molecule has 0 heterocycles. The molecule has 0 saturated carbocycles. The predicted molar refractivity (Wildman–Crippen MR) is 76.0 cm³/mol. The van der Waals surface area contributed by atoms with Gasteiger partial charge in [-0.15, -0.1) is 0 Å². The van der Waals surface area contributed by atoms with Crippen LogP contribution in [0.25, 0.3) is 0 Å². The highest BCUT2D eigenvalue weighted by molar-refractivity contribution is 6.30. The van der Waals surface area contributed by atoms with Crippen molar-refractivity contribution in [3.63, 3.8) is 0 Å². The number of aryl methyl sites for hydroxylation is 2. The molecule has 0 radical (unpaired) electrons. The van der Waals surface area contributed by atoms with Gasteiger partial charge in [0.25, 0.3) is 0 Å². The standard InChI is InChI=1S/C16H16ClFO/c1-10-3-4-11(2)12(7-10)8-16(19)14-6-5-13(17)9-15(14)18/h3-7,9,16,19H,8H2,1-2H3. The summed E-state index contributed by atoms with van der Waals surface area (Å²) >= 11 is 5.71. The van der Waals surface area contributed by atoms with Gasteiger partial charge in [-0.3, -0.25) is 0 Å². The topological polar surface area (TPSA) is 20.2 Å². The van der Waals surface area contributed by atoms with E-state index in [4.69, 9.17) is 11.6 Å². The van der Waals surface area contributed by atoms with E-state index in [0.29, 0.717) is 11.4 Å². The molecule has 0 aromatic heterocycles. The number of hydrogen-bond donors (Lipinski definition) is 1. The molecule has 0 aliphatic carbocycles. The van der Waals surface area contributed by atoms with Gasteiger partial charge in [-0.2, -0.15) is 0 Å². The summed E-state index contributed by atoms with van der Waals surface area (Å²) in [6, 6.07) is 10.4. The molecular formula is C16H16ClFO. The van der Waals surface area contributed by atoms with Gasteiger partial charge in [0, 0.05) is 17.0 Å².